The number of carbonyl (C=O) groups is 2. The van der Waals surface area contributed by atoms with Crippen LogP contribution in [0.3, 0.4) is 0 Å². The molecule has 0 aliphatic carbocycles. The third-order valence-corrected chi connectivity index (χ3v) is 9.09. The third kappa shape index (κ3) is 5.59. The average molecular weight is 574 g/mol. The highest BCUT2D eigenvalue weighted by molar-refractivity contribution is 8.01. The molecule has 1 N–H and O–H groups in total. The number of rotatable bonds is 8. The van der Waals surface area contributed by atoms with Gasteiger partial charge in [-0.1, -0.05) is 83.8 Å². The molecule has 2 amide bonds. The molecule has 10 heteroatoms. The van der Waals surface area contributed by atoms with Crippen LogP contribution in [0.5, 0.6) is 0 Å². The number of aliphatic hydroxyl groups excluding tert-OH is 1. The first-order chi connectivity index (χ1) is 19.5. The molecule has 6 rings (SSSR count). The van der Waals surface area contributed by atoms with E-state index in [9.17, 15) is 14.7 Å². The molecule has 0 unspecified atom stereocenters. The fourth-order valence-corrected chi connectivity index (χ4v) is 6.73. The average Bonchev–Trinajstić information content (AvgIpc) is 3.52. The number of hydrogen-bond acceptors (Lipinski definition) is 9. The number of benzene rings is 3. The summed E-state index contributed by atoms with van der Waals surface area (Å²) in [7, 11) is 0. The topological polar surface area (TPSA) is 102 Å². The Morgan fingerprint density at radius 1 is 0.900 bits per heavy atom. The van der Waals surface area contributed by atoms with Crippen LogP contribution in [0, 0.1) is 6.92 Å². The summed E-state index contributed by atoms with van der Waals surface area (Å²) in [6, 6.07) is 22.3. The van der Waals surface area contributed by atoms with Gasteiger partial charge in [0.25, 0.3) is 11.8 Å². The molecule has 1 saturated heterocycles. The fourth-order valence-electron chi connectivity index (χ4n) is 4.87. The molecule has 1 aromatic heterocycles. The Morgan fingerprint density at radius 2 is 1.55 bits per heavy atom. The Hall–Kier alpha value is -3.41. The Kier molecular flexibility index (Phi) is 7.77. The minimum atomic E-state index is -0.591. The predicted octanol–water partition coefficient (Wildman–Crippen LogP) is 5.47. The molecule has 4 aromatic rings. The second-order valence-corrected chi connectivity index (χ2v) is 12.2. The Bertz CT molecular complexity index is 1490. The maximum atomic E-state index is 12.8. The van der Waals surface area contributed by atoms with E-state index < -0.39 is 6.29 Å². The number of carbonyl (C=O) groups excluding carboxylic acids is 2. The summed E-state index contributed by atoms with van der Waals surface area (Å²) < 4.78 is 13.7. The highest BCUT2D eigenvalue weighted by Gasteiger charge is 2.35. The molecule has 0 spiro atoms. The van der Waals surface area contributed by atoms with Crippen LogP contribution in [0.2, 0.25) is 0 Å². The van der Waals surface area contributed by atoms with Gasteiger partial charge in [0.2, 0.25) is 0 Å². The van der Waals surface area contributed by atoms with Crippen molar-refractivity contribution in [1.29, 1.82) is 0 Å². The van der Waals surface area contributed by atoms with Gasteiger partial charge < -0.3 is 14.6 Å². The van der Waals surface area contributed by atoms with Gasteiger partial charge in [0.1, 0.15) is 5.01 Å². The number of ether oxygens (including phenoxy) is 2. The number of aromatic nitrogens is 2. The fraction of sp³-hybridized carbons (Fsp3) is 0.267. The molecule has 0 bridgehead atoms. The van der Waals surface area contributed by atoms with Crippen molar-refractivity contribution in [3.05, 3.63) is 111 Å². The predicted molar refractivity (Wildman–Crippen MR) is 151 cm³/mol. The number of nitrogens with zero attached hydrogens (tertiary/aromatic N) is 3. The number of aliphatic hydroxyl groups is 1. The van der Waals surface area contributed by atoms with E-state index in [1.165, 1.54) is 4.90 Å². The number of hydrogen-bond donors (Lipinski definition) is 1. The van der Waals surface area contributed by atoms with Gasteiger partial charge in [-0.15, -0.1) is 10.2 Å². The van der Waals surface area contributed by atoms with Gasteiger partial charge >= 0.3 is 0 Å². The van der Waals surface area contributed by atoms with Crippen LogP contribution < -0.4 is 0 Å². The monoisotopic (exact) mass is 573 g/mol. The van der Waals surface area contributed by atoms with Crippen molar-refractivity contribution in [3.63, 3.8) is 0 Å². The van der Waals surface area contributed by atoms with Crippen molar-refractivity contribution < 1.29 is 24.2 Å². The number of amides is 2. The van der Waals surface area contributed by atoms with Crippen LogP contribution in [-0.2, 0) is 22.6 Å². The zero-order valence-corrected chi connectivity index (χ0v) is 23.4. The van der Waals surface area contributed by atoms with Gasteiger partial charge in [-0.25, -0.2) is 0 Å². The second kappa shape index (κ2) is 11.6. The summed E-state index contributed by atoms with van der Waals surface area (Å²) in [5.41, 5.74) is 4.44. The molecule has 3 aromatic carbocycles. The first-order valence-electron chi connectivity index (χ1n) is 13.0. The first kappa shape index (κ1) is 26.8. The van der Waals surface area contributed by atoms with Gasteiger partial charge in [-0.05, 0) is 35.7 Å². The summed E-state index contributed by atoms with van der Waals surface area (Å²) in [5.74, 6) is 0.159. The molecule has 1 fully saturated rings. The Morgan fingerprint density at radius 3 is 2.17 bits per heavy atom. The molecule has 3 atom stereocenters. The lowest BCUT2D eigenvalue weighted by molar-refractivity contribution is -0.245. The molecule has 2 aliphatic heterocycles. The lowest BCUT2D eigenvalue weighted by atomic mass is 10.0. The van der Waals surface area contributed by atoms with Crippen LogP contribution in [0.15, 0.2) is 77.1 Å². The maximum Gasteiger partial charge on any atom is 0.261 e. The van der Waals surface area contributed by atoms with Crippen molar-refractivity contribution in [2.75, 3.05) is 5.75 Å². The Labute approximate surface area is 240 Å². The van der Waals surface area contributed by atoms with E-state index in [0.29, 0.717) is 23.3 Å². The highest BCUT2D eigenvalue weighted by atomic mass is 32.2. The quantitative estimate of drug-likeness (QED) is 0.219. The Balaban J connectivity index is 1.18. The highest BCUT2D eigenvalue weighted by Crippen LogP contribution is 2.40. The molecule has 0 saturated carbocycles. The van der Waals surface area contributed by atoms with E-state index in [4.69, 9.17) is 9.47 Å². The van der Waals surface area contributed by atoms with E-state index in [-0.39, 0.29) is 37.2 Å². The lowest BCUT2D eigenvalue weighted by Gasteiger charge is -2.36. The zero-order valence-electron chi connectivity index (χ0n) is 21.7. The van der Waals surface area contributed by atoms with Crippen LogP contribution in [0.1, 0.15) is 66.8 Å². The number of fused-ring (bicyclic) bond motifs is 1. The van der Waals surface area contributed by atoms with Crippen molar-refractivity contribution in [2.24, 2.45) is 0 Å². The van der Waals surface area contributed by atoms with Crippen molar-refractivity contribution in [1.82, 2.24) is 15.1 Å². The van der Waals surface area contributed by atoms with Gasteiger partial charge in [0, 0.05) is 17.7 Å². The summed E-state index contributed by atoms with van der Waals surface area (Å²) in [6.07, 6.45) is -0.191. The van der Waals surface area contributed by atoms with Gasteiger partial charge in [0.05, 0.1) is 36.5 Å². The van der Waals surface area contributed by atoms with Gasteiger partial charge in [-0.3, -0.25) is 14.5 Å². The summed E-state index contributed by atoms with van der Waals surface area (Å²) >= 11 is 3.19. The van der Waals surface area contributed by atoms with E-state index >= 15 is 0 Å². The largest absolute Gasteiger partial charge is 0.392 e. The van der Waals surface area contributed by atoms with Crippen molar-refractivity contribution in [2.45, 2.75) is 49.3 Å². The van der Waals surface area contributed by atoms with Crippen LogP contribution in [0.4, 0.5) is 0 Å². The van der Waals surface area contributed by atoms with E-state index in [0.717, 1.165) is 31.6 Å². The SMILES string of the molecule is Cc1nnc(SC[C@H]2C[C@@H](c3ccc(CO)cc3)O[C@@H](c3ccc(CN4C(=O)c5ccccc5C4=O)cc3)O2)s1. The molecule has 0 radical (unpaired) electrons. The molecule has 2 aliphatic rings. The summed E-state index contributed by atoms with van der Waals surface area (Å²) in [4.78, 5) is 26.8. The van der Waals surface area contributed by atoms with Crippen molar-refractivity contribution in [3.8, 4) is 0 Å². The van der Waals surface area contributed by atoms with Crippen molar-refractivity contribution >= 4 is 34.9 Å². The molecular formula is C30H27N3O5S2. The normalized spacial score (nSPS) is 20.6. The standard InChI is InChI=1S/C30H27N3O5S2/c1-18-31-32-30(40-18)39-17-23-14-26(21-10-8-20(16-34)9-11-21)38-29(37-23)22-12-6-19(7-13-22)15-33-27(35)24-4-2-3-5-25(24)28(33)36/h2-13,23,26,29,34H,14-17H2,1H3/t23-,26+,29+/m1/s1. The minimum Gasteiger partial charge on any atom is -0.392 e. The lowest BCUT2D eigenvalue weighted by Crippen LogP contribution is -2.31. The van der Waals surface area contributed by atoms with E-state index in [1.807, 2.05) is 55.5 Å². The first-order valence-corrected chi connectivity index (χ1v) is 14.8. The van der Waals surface area contributed by atoms with Crippen LogP contribution in [-0.4, -0.2) is 43.9 Å². The third-order valence-electron chi connectivity index (χ3n) is 6.99. The minimum absolute atomic E-state index is 0.00880. The number of imide groups is 1. The van der Waals surface area contributed by atoms with Gasteiger partial charge in [-0.2, -0.15) is 0 Å². The van der Waals surface area contributed by atoms with Crippen LogP contribution >= 0.6 is 23.1 Å². The summed E-state index contributed by atoms with van der Waals surface area (Å²) in [5, 5.41) is 18.7. The maximum absolute atomic E-state index is 12.8. The molecular weight excluding hydrogens is 546 g/mol. The molecule has 3 heterocycles. The molecule has 8 nitrogen and oxygen atoms in total. The van der Waals surface area contributed by atoms with E-state index in [2.05, 4.69) is 10.2 Å². The zero-order chi connectivity index (χ0) is 27.6. The smallest absolute Gasteiger partial charge is 0.261 e. The molecule has 40 heavy (non-hydrogen) atoms. The molecule has 204 valence electrons. The second-order valence-electron chi connectivity index (χ2n) is 9.73. The van der Waals surface area contributed by atoms with E-state index in [1.54, 1.807) is 47.4 Å². The number of thioether (sulfide) groups is 1. The summed E-state index contributed by atoms with van der Waals surface area (Å²) in [6.45, 7) is 2.12. The van der Waals surface area contributed by atoms with Gasteiger partial charge in [0.15, 0.2) is 10.6 Å². The van der Waals surface area contributed by atoms with Crippen LogP contribution in [0.25, 0.3) is 0 Å². The number of aryl methyl sites for hydroxylation is 1.